The first kappa shape index (κ1) is 25.5. The monoisotopic (exact) mass is 517 g/mol. The summed E-state index contributed by atoms with van der Waals surface area (Å²) in [5.41, 5.74) is 0.740. The fraction of sp³-hybridized carbons (Fsp3) is 0.667. The van der Waals surface area contributed by atoms with Crippen molar-refractivity contribution in [3.05, 3.63) is 30.1 Å². The number of pyridine rings is 1. The highest BCUT2D eigenvalue weighted by Gasteiger charge is 2.28. The molecular weight excluding hydrogens is 481 g/mol. The lowest BCUT2D eigenvalue weighted by Crippen LogP contribution is -2.45. The molecule has 0 aliphatic carbocycles. The number of likely N-dealkylation sites (tertiary alicyclic amines) is 1. The van der Waals surface area contributed by atoms with Crippen molar-refractivity contribution in [1.82, 2.24) is 20.5 Å². The molecule has 2 heterocycles. The Kier molecular flexibility index (Phi) is 10.2. The smallest absolute Gasteiger partial charge is 0.407 e. The van der Waals surface area contributed by atoms with E-state index in [9.17, 15) is 4.79 Å². The van der Waals surface area contributed by atoms with Crippen molar-refractivity contribution >= 4 is 36.0 Å². The maximum absolute atomic E-state index is 12.0. The second-order valence-corrected chi connectivity index (χ2v) is 8.64. The van der Waals surface area contributed by atoms with E-state index in [2.05, 4.69) is 45.4 Å². The largest absolute Gasteiger partial charge is 0.444 e. The molecule has 0 aromatic carbocycles. The first-order valence-corrected chi connectivity index (χ1v) is 10.0. The molecule has 1 aromatic rings. The summed E-state index contributed by atoms with van der Waals surface area (Å²) in [7, 11) is 1.80. The Labute approximate surface area is 192 Å². The number of carbonyl (C=O) groups is 1. The van der Waals surface area contributed by atoms with E-state index in [4.69, 9.17) is 4.74 Å². The van der Waals surface area contributed by atoms with Gasteiger partial charge in [-0.2, -0.15) is 0 Å². The molecule has 0 saturated carbocycles. The lowest BCUT2D eigenvalue weighted by Gasteiger charge is -2.26. The maximum Gasteiger partial charge on any atom is 0.407 e. The first-order valence-electron chi connectivity index (χ1n) is 10.0. The van der Waals surface area contributed by atoms with Crippen molar-refractivity contribution in [3.8, 4) is 0 Å². The molecule has 1 amide bonds. The van der Waals surface area contributed by atoms with Gasteiger partial charge in [0.1, 0.15) is 5.60 Å². The normalized spacial score (nSPS) is 18.2. The number of halogens is 1. The fourth-order valence-corrected chi connectivity index (χ4v) is 3.41. The van der Waals surface area contributed by atoms with Crippen LogP contribution in [0.5, 0.6) is 0 Å². The molecular formula is C21H36IN5O2. The van der Waals surface area contributed by atoms with Gasteiger partial charge >= 0.3 is 6.09 Å². The van der Waals surface area contributed by atoms with Crippen LogP contribution >= 0.6 is 24.0 Å². The maximum atomic E-state index is 12.0. The lowest BCUT2D eigenvalue weighted by molar-refractivity contribution is 0.0507. The van der Waals surface area contributed by atoms with E-state index in [1.165, 1.54) is 5.56 Å². The summed E-state index contributed by atoms with van der Waals surface area (Å²) in [4.78, 5) is 22.9. The standard InChI is InChI=1S/C21H35N5O2.HI/c1-15(2)18(16-8-7-10-23-12-16)13-24-19(22-6)26-11-9-17(14-26)25-20(27)28-21(3,4)5;/h7-8,10,12,15,17-18H,9,11,13-14H2,1-6H3,(H,22,24)(H,25,27);1H/t17-,18?;/m1./s1. The van der Waals surface area contributed by atoms with Crippen molar-refractivity contribution in [1.29, 1.82) is 0 Å². The number of nitrogens with one attached hydrogen (secondary N) is 2. The van der Waals surface area contributed by atoms with Gasteiger partial charge in [-0.3, -0.25) is 9.98 Å². The van der Waals surface area contributed by atoms with Crippen LogP contribution in [0.15, 0.2) is 29.5 Å². The zero-order chi connectivity index (χ0) is 20.7. The average molecular weight is 517 g/mol. The quantitative estimate of drug-likeness (QED) is 0.355. The summed E-state index contributed by atoms with van der Waals surface area (Å²) >= 11 is 0. The number of alkyl carbamates (subject to hydrolysis) is 1. The summed E-state index contributed by atoms with van der Waals surface area (Å²) in [6.45, 7) is 12.4. The molecule has 8 heteroatoms. The molecule has 2 N–H and O–H groups in total. The zero-order valence-electron chi connectivity index (χ0n) is 18.4. The molecule has 0 radical (unpaired) electrons. The Hall–Kier alpha value is -1.58. The molecule has 164 valence electrons. The van der Waals surface area contributed by atoms with Gasteiger partial charge in [-0.25, -0.2) is 4.79 Å². The van der Waals surface area contributed by atoms with Gasteiger partial charge in [-0.15, -0.1) is 24.0 Å². The average Bonchev–Trinajstić information content (AvgIpc) is 3.05. The van der Waals surface area contributed by atoms with E-state index in [1.807, 2.05) is 33.0 Å². The van der Waals surface area contributed by atoms with E-state index >= 15 is 0 Å². The van der Waals surface area contributed by atoms with Crippen LogP contribution in [0.4, 0.5) is 4.79 Å². The van der Waals surface area contributed by atoms with Crippen LogP contribution < -0.4 is 10.6 Å². The number of aliphatic imine (C=N–C) groups is 1. The molecule has 1 fully saturated rings. The topological polar surface area (TPSA) is 78.9 Å². The van der Waals surface area contributed by atoms with Gasteiger partial charge in [0, 0.05) is 45.0 Å². The molecule has 0 spiro atoms. The number of guanidine groups is 1. The van der Waals surface area contributed by atoms with Gasteiger partial charge in [-0.1, -0.05) is 19.9 Å². The summed E-state index contributed by atoms with van der Waals surface area (Å²) in [6, 6.07) is 4.17. The first-order chi connectivity index (χ1) is 13.2. The third kappa shape index (κ3) is 8.36. The Morgan fingerprint density at radius 3 is 2.69 bits per heavy atom. The zero-order valence-corrected chi connectivity index (χ0v) is 20.8. The minimum absolute atomic E-state index is 0. The Bertz CT molecular complexity index is 661. The number of nitrogens with zero attached hydrogens (tertiary/aromatic N) is 3. The van der Waals surface area contributed by atoms with Crippen molar-refractivity contribution in [2.75, 3.05) is 26.7 Å². The third-order valence-corrected chi connectivity index (χ3v) is 4.82. The van der Waals surface area contributed by atoms with Crippen LogP contribution in [0.1, 0.15) is 52.5 Å². The minimum atomic E-state index is -0.488. The highest BCUT2D eigenvalue weighted by atomic mass is 127. The SMILES string of the molecule is CN=C(NCC(c1cccnc1)C(C)C)N1CC[C@@H](NC(=O)OC(C)(C)C)C1.I. The van der Waals surface area contributed by atoms with Gasteiger partial charge in [0.25, 0.3) is 0 Å². The number of amides is 1. The molecule has 1 aliphatic rings. The molecule has 1 aromatic heterocycles. The van der Waals surface area contributed by atoms with E-state index < -0.39 is 5.60 Å². The van der Waals surface area contributed by atoms with E-state index in [0.717, 1.165) is 32.0 Å². The van der Waals surface area contributed by atoms with Crippen LogP contribution in [-0.2, 0) is 4.74 Å². The summed E-state index contributed by atoms with van der Waals surface area (Å²) < 4.78 is 5.36. The Morgan fingerprint density at radius 2 is 2.14 bits per heavy atom. The van der Waals surface area contributed by atoms with E-state index in [-0.39, 0.29) is 36.1 Å². The minimum Gasteiger partial charge on any atom is -0.444 e. The summed E-state index contributed by atoms with van der Waals surface area (Å²) in [6.07, 6.45) is 4.25. The van der Waals surface area contributed by atoms with Gasteiger partial charge < -0.3 is 20.3 Å². The van der Waals surface area contributed by atoms with Crippen molar-refractivity contribution in [2.45, 2.75) is 58.6 Å². The van der Waals surface area contributed by atoms with Crippen LogP contribution in [0.2, 0.25) is 0 Å². The van der Waals surface area contributed by atoms with Crippen molar-refractivity contribution in [2.24, 2.45) is 10.9 Å². The summed E-state index contributed by atoms with van der Waals surface area (Å²) in [5.74, 6) is 1.70. The Morgan fingerprint density at radius 1 is 1.41 bits per heavy atom. The molecule has 1 aliphatic heterocycles. The number of ether oxygens (including phenoxy) is 1. The van der Waals surface area contributed by atoms with E-state index in [1.54, 1.807) is 13.2 Å². The molecule has 2 rings (SSSR count). The predicted molar refractivity (Wildman–Crippen MR) is 128 cm³/mol. The van der Waals surface area contributed by atoms with Crippen LogP contribution in [0.25, 0.3) is 0 Å². The molecule has 1 unspecified atom stereocenters. The van der Waals surface area contributed by atoms with Gasteiger partial charge in [-0.05, 0) is 44.7 Å². The second-order valence-electron chi connectivity index (χ2n) is 8.64. The lowest BCUT2D eigenvalue weighted by atomic mass is 9.89. The Balaban J connectivity index is 0.00000420. The third-order valence-electron chi connectivity index (χ3n) is 4.82. The molecule has 2 atom stereocenters. The predicted octanol–water partition coefficient (Wildman–Crippen LogP) is 3.61. The second kappa shape index (κ2) is 11.6. The highest BCUT2D eigenvalue weighted by Crippen LogP contribution is 2.23. The van der Waals surface area contributed by atoms with Crippen LogP contribution in [0.3, 0.4) is 0 Å². The van der Waals surface area contributed by atoms with Gasteiger partial charge in [0.2, 0.25) is 0 Å². The highest BCUT2D eigenvalue weighted by molar-refractivity contribution is 14.0. The van der Waals surface area contributed by atoms with E-state index in [0.29, 0.717) is 11.8 Å². The van der Waals surface area contributed by atoms with Gasteiger partial charge in [0.05, 0.1) is 6.04 Å². The molecule has 1 saturated heterocycles. The number of carbonyl (C=O) groups excluding carboxylic acids is 1. The number of hydrogen-bond donors (Lipinski definition) is 2. The number of rotatable bonds is 5. The number of aromatic nitrogens is 1. The van der Waals surface area contributed by atoms with Gasteiger partial charge in [0.15, 0.2) is 5.96 Å². The number of hydrogen-bond acceptors (Lipinski definition) is 4. The molecule has 0 bridgehead atoms. The fourth-order valence-electron chi connectivity index (χ4n) is 3.41. The van der Waals surface area contributed by atoms with Crippen molar-refractivity contribution in [3.63, 3.8) is 0 Å². The van der Waals surface area contributed by atoms with Crippen LogP contribution in [0, 0.1) is 5.92 Å². The van der Waals surface area contributed by atoms with Crippen LogP contribution in [-0.4, -0.2) is 60.3 Å². The molecule has 7 nitrogen and oxygen atoms in total. The molecule has 29 heavy (non-hydrogen) atoms. The summed E-state index contributed by atoms with van der Waals surface area (Å²) in [5, 5.41) is 6.47. The van der Waals surface area contributed by atoms with Crippen molar-refractivity contribution < 1.29 is 9.53 Å².